The first-order valence-electron chi connectivity index (χ1n) is 7.62. The van der Waals surface area contributed by atoms with Gasteiger partial charge in [0, 0.05) is 11.9 Å². The summed E-state index contributed by atoms with van der Waals surface area (Å²) in [6.07, 6.45) is 1.42. The molecule has 0 aliphatic heterocycles. The van der Waals surface area contributed by atoms with E-state index in [2.05, 4.69) is 0 Å². The van der Waals surface area contributed by atoms with E-state index >= 15 is 0 Å². The smallest absolute Gasteiger partial charge is 0.341 e. The van der Waals surface area contributed by atoms with Crippen molar-refractivity contribution in [3.05, 3.63) is 52.4 Å². The van der Waals surface area contributed by atoms with Crippen LogP contribution in [0.2, 0.25) is 0 Å². The molecule has 132 valence electrons. The molecule has 0 aliphatic carbocycles. The number of carboxylic acid groups (broad SMARTS) is 1. The van der Waals surface area contributed by atoms with Crippen molar-refractivity contribution in [1.82, 2.24) is 4.57 Å². The van der Waals surface area contributed by atoms with Gasteiger partial charge in [-0.1, -0.05) is 12.1 Å². The highest BCUT2D eigenvalue weighted by atomic mass is 16.6. The third-order valence-corrected chi connectivity index (χ3v) is 3.26. The van der Waals surface area contributed by atoms with Gasteiger partial charge in [-0.3, -0.25) is 9.59 Å². The summed E-state index contributed by atoms with van der Waals surface area (Å²) in [6, 6.07) is 8.07. The minimum Gasteiger partial charge on any atom is -0.477 e. The maximum Gasteiger partial charge on any atom is 0.341 e. The Bertz CT molecular complexity index is 878. The van der Waals surface area contributed by atoms with Crippen molar-refractivity contribution in [3.63, 3.8) is 0 Å². The number of aromatic carboxylic acids is 1. The van der Waals surface area contributed by atoms with Gasteiger partial charge >= 0.3 is 11.9 Å². The van der Waals surface area contributed by atoms with Gasteiger partial charge in [0.05, 0.1) is 0 Å². The standard InChI is InChI=1S/C18H20N2O5/c1-18(2,3)25-15(21)10-20-9-12(8-14(16(20)22)17(23)24)11-5-4-6-13(19)7-11/h4-9H,10,19H2,1-3H3,(H,23,24). The average molecular weight is 344 g/mol. The second-order valence-corrected chi connectivity index (χ2v) is 6.59. The summed E-state index contributed by atoms with van der Waals surface area (Å²) >= 11 is 0. The number of nitrogens with two attached hydrogens (primary N) is 1. The summed E-state index contributed by atoms with van der Waals surface area (Å²) in [7, 11) is 0. The Hall–Kier alpha value is -3.09. The van der Waals surface area contributed by atoms with Crippen LogP contribution in [0.4, 0.5) is 5.69 Å². The van der Waals surface area contributed by atoms with E-state index in [1.165, 1.54) is 12.3 Å². The highest BCUT2D eigenvalue weighted by Gasteiger charge is 2.20. The number of anilines is 1. The molecule has 0 saturated heterocycles. The number of pyridine rings is 1. The van der Waals surface area contributed by atoms with Crippen molar-refractivity contribution in [1.29, 1.82) is 0 Å². The van der Waals surface area contributed by atoms with Crippen molar-refractivity contribution in [2.24, 2.45) is 0 Å². The zero-order valence-corrected chi connectivity index (χ0v) is 14.3. The minimum atomic E-state index is -1.37. The number of nitrogen functional groups attached to an aromatic ring is 1. The molecule has 2 rings (SSSR count). The lowest BCUT2D eigenvalue weighted by atomic mass is 10.0. The van der Waals surface area contributed by atoms with Crippen LogP contribution in [0, 0.1) is 0 Å². The first-order valence-corrected chi connectivity index (χ1v) is 7.62. The van der Waals surface area contributed by atoms with Gasteiger partial charge in [-0.05, 0) is 50.1 Å². The van der Waals surface area contributed by atoms with Gasteiger partial charge in [-0.25, -0.2) is 4.79 Å². The van der Waals surface area contributed by atoms with Gasteiger partial charge in [-0.15, -0.1) is 0 Å². The Morgan fingerprint density at radius 3 is 2.44 bits per heavy atom. The molecule has 0 fully saturated rings. The lowest BCUT2D eigenvalue weighted by molar-refractivity contribution is -0.155. The summed E-state index contributed by atoms with van der Waals surface area (Å²) in [5.41, 5.74) is 5.45. The molecule has 7 heteroatoms. The van der Waals surface area contributed by atoms with Gasteiger partial charge in [0.2, 0.25) is 0 Å². The van der Waals surface area contributed by atoms with Gasteiger partial charge in [-0.2, -0.15) is 0 Å². The van der Waals surface area contributed by atoms with Crippen LogP contribution in [-0.4, -0.2) is 27.2 Å². The average Bonchev–Trinajstić information content (AvgIpc) is 2.47. The fourth-order valence-corrected chi connectivity index (χ4v) is 2.30. The summed E-state index contributed by atoms with van der Waals surface area (Å²) in [5, 5.41) is 9.28. The number of hydrogen-bond donors (Lipinski definition) is 2. The van der Waals surface area contributed by atoms with Gasteiger partial charge in [0.25, 0.3) is 5.56 Å². The molecule has 0 saturated carbocycles. The molecule has 1 aromatic carbocycles. The molecule has 2 aromatic rings. The number of ether oxygens (including phenoxy) is 1. The van der Waals surface area contributed by atoms with E-state index in [4.69, 9.17) is 10.5 Å². The first kappa shape index (κ1) is 18.3. The number of carboxylic acids is 1. The zero-order valence-electron chi connectivity index (χ0n) is 14.3. The molecule has 0 bridgehead atoms. The highest BCUT2D eigenvalue weighted by molar-refractivity contribution is 5.89. The summed E-state index contributed by atoms with van der Waals surface area (Å²) < 4.78 is 6.23. The number of carbonyl (C=O) groups is 2. The molecule has 0 radical (unpaired) electrons. The Morgan fingerprint density at radius 1 is 1.20 bits per heavy atom. The van der Waals surface area contributed by atoms with E-state index in [9.17, 15) is 19.5 Å². The quantitative estimate of drug-likeness (QED) is 0.649. The largest absolute Gasteiger partial charge is 0.477 e. The van der Waals surface area contributed by atoms with Crippen molar-refractivity contribution in [2.45, 2.75) is 32.9 Å². The summed E-state index contributed by atoms with van der Waals surface area (Å²) in [4.78, 5) is 35.7. The number of aromatic nitrogens is 1. The van der Waals surface area contributed by atoms with Gasteiger partial charge in [0.15, 0.2) is 0 Å². The SMILES string of the molecule is CC(C)(C)OC(=O)Cn1cc(-c2cccc(N)c2)cc(C(=O)O)c1=O. The number of carbonyl (C=O) groups excluding carboxylic acids is 1. The molecule has 25 heavy (non-hydrogen) atoms. The molecule has 7 nitrogen and oxygen atoms in total. The molecule has 0 spiro atoms. The Balaban J connectivity index is 2.50. The maximum absolute atomic E-state index is 12.3. The normalized spacial score (nSPS) is 11.2. The third kappa shape index (κ3) is 4.69. The van der Waals surface area contributed by atoms with E-state index in [-0.39, 0.29) is 6.54 Å². The number of benzene rings is 1. The summed E-state index contributed by atoms with van der Waals surface area (Å²) in [5.74, 6) is -2.00. The van der Waals surface area contributed by atoms with E-state index in [1.54, 1.807) is 45.0 Å². The van der Waals surface area contributed by atoms with Crippen molar-refractivity contribution in [2.75, 3.05) is 5.73 Å². The van der Waals surface area contributed by atoms with E-state index < -0.39 is 28.7 Å². The summed E-state index contributed by atoms with van der Waals surface area (Å²) in [6.45, 7) is 4.74. The first-order chi connectivity index (χ1) is 11.6. The van der Waals surface area contributed by atoms with Gasteiger partial charge in [0.1, 0.15) is 17.7 Å². The van der Waals surface area contributed by atoms with Crippen LogP contribution < -0.4 is 11.3 Å². The number of esters is 1. The predicted molar refractivity (Wildman–Crippen MR) is 93.4 cm³/mol. The molecule has 0 aliphatic rings. The lowest BCUT2D eigenvalue weighted by Crippen LogP contribution is -2.32. The van der Waals surface area contributed by atoms with E-state index in [0.29, 0.717) is 16.8 Å². The lowest BCUT2D eigenvalue weighted by Gasteiger charge is -2.20. The Morgan fingerprint density at radius 2 is 1.88 bits per heavy atom. The Labute approximate surface area is 144 Å². The fourth-order valence-electron chi connectivity index (χ4n) is 2.30. The molecular formula is C18H20N2O5. The molecular weight excluding hydrogens is 324 g/mol. The van der Waals surface area contributed by atoms with Crippen molar-refractivity contribution < 1.29 is 19.4 Å². The van der Waals surface area contributed by atoms with Crippen LogP contribution >= 0.6 is 0 Å². The van der Waals surface area contributed by atoms with Crippen molar-refractivity contribution >= 4 is 17.6 Å². The third-order valence-electron chi connectivity index (χ3n) is 3.26. The fraction of sp³-hybridized carbons (Fsp3) is 0.278. The molecule has 3 N–H and O–H groups in total. The molecule has 1 aromatic heterocycles. The van der Waals surface area contributed by atoms with Crippen LogP contribution in [0.1, 0.15) is 31.1 Å². The Kier molecular flexibility index (Phi) is 4.97. The molecule has 0 atom stereocenters. The molecule has 0 amide bonds. The monoisotopic (exact) mass is 344 g/mol. The number of hydrogen-bond acceptors (Lipinski definition) is 5. The number of rotatable bonds is 4. The predicted octanol–water partition coefficient (Wildman–Crippen LogP) is 2.14. The van der Waals surface area contributed by atoms with Crippen LogP contribution in [0.3, 0.4) is 0 Å². The van der Waals surface area contributed by atoms with Crippen LogP contribution in [0.15, 0.2) is 41.3 Å². The zero-order chi connectivity index (χ0) is 18.8. The molecule has 0 unspecified atom stereocenters. The van der Waals surface area contributed by atoms with Gasteiger partial charge < -0.3 is 20.1 Å². The van der Waals surface area contributed by atoms with Crippen LogP contribution in [-0.2, 0) is 16.1 Å². The van der Waals surface area contributed by atoms with Crippen LogP contribution in [0.25, 0.3) is 11.1 Å². The maximum atomic E-state index is 12.3. The van der Waals surface area contributed by atoms with E-state index in [0.717, 1.165) is 4.57 Å². The second kappa shape index (κ2) is 6.80. The number of nitrogens with zero attached hydrogens (tertiary/aromatic N) is 1. The molecule has 1 heterocycles. The highest BCUT2D eigenvalue weighted by Crippen LogP contribution is 2.21. The second-order valence-electron chi connectivity index (χ2n) is 6.59. The minimum absolute atomic E-state index is 0.382. The van der Waals surface area contributed by atoms with Crippen molar-refractivity contribution in [3.8, 4) is 11.1 Å². The van der Waals surface area contributed by atoms with E-state index in [1.807, 2.05) is 0 Å². The topological polar surface area (TPSA) is 112 Å². The van der Waals surface area contributed by atoms with Crippen LogP contribution in [0.5, 0.6) is 0 Å².